The van der Waals surface area contributed by atoms with Crippen LogP contribution in [0.15, 0.2) is 0 Å². The molecule has 0 saturated carbocycles. The summed E-state index contributed by atoms with van der Waals surface area (Å²) in [5, 5.41) is 16.6. The van der Waals surface area contributed by atoms with Gasteiger partial charge in [-0.2, -0.15) is 0 Å². The van der Waals surface area contributed by atoms with Crippen molar-refractivity contribution in [3.63, 3.8) is 0 Å². The molecule has 4 N–H and O–H groups in total. The van der Waals surface area contributed by atoms with E-state index < -0.39 is 19.8 Å². The van der Waals surface area contributed by atoms with Crippen molar-refractivity contribution < 1.29 is 19.6 Å². The van der Waals surface area contributed by atoms with Crippen molar-refractivity contribution in [3.05, 3.63) is 0 Å². The fourth-order valence-corrected chi connectivity index (χ4v) is 1.31. The van der Waals surface area contributed by atoms with Gasteiger partial charge < -0.3 is 20.5 Å². The van der Waals surface area contributed by atoms with E-state index in [9.17, 15) is 9.36 Å². The van der Waals surface area contributed by atoms with Gasteiger partial charge in [0.25, 0.3) is 0 Å². The fraction of sp³-hybridized carbons (Fsp3) is 0.800. The SMILES string of the molecule is Cl.NC(CC[PH](=O)CO)C(=O)O. The number of aliphatic hydroxyl groups is 1. The van der Waals surface area contributed by atoms with Crippen molar-refractivity contribution in [2.24, 2.45) is 5.73 Å². The Morgan fingerprint density at radius 3 is 2.42 bits per heavy atom. The lowest BCUT2D eigenvalue weighted by molar-refractivity contribution is -0.138. The average molecular weight is 218 g/mol. The van der Waals surface area contributed by atoms with Gasteiger partial charge in [-0.25, -0.2) is 0 Å². The molecule has 0 aliphatic rings. The van der Waals surface area contributed by atoms with E-state index in [1.165, 1.54) is 0 Å². The third-order valence-corrected chi connectivity index (χ3v) is 2.43. The molecule has 0 rings (SSSR count). The molecular formula is C5H13ClNO4P. The minimum Gasteiger partial charge on any atom is -0.480 e. The Balaban J connectivity index is 0. The maximum Gasteiger partial charge on any atom is 0.320 e. The lowest BCUT2D eigenvalue weighted by atomic mass is 10.2. The molecule has 12 heavy (non-hydrogen) atoms. The van der Waals surface area contributed by atoms with Crippen LogP contribution in [0.4, 0.5) is 0 Å². The molecule has 7 heteroatoms. The minimum atomic E-state index is -1.99. The Hall–Kier alpha value is -0.0900. The predicted molar refractivity (Wildman–Crippen MR) is 48.4 cm³/mol. The monoisotopic (exact) mass is 217 g/mol. The van der Waals surface area contributed by atoms with E-state index in [1.807, 2.05) is 0 Å². The predicted octanol–water partition coefficient (Wildman–Crippen LogP) is -0.280. The second-order valence-electron chi connectivity index (χ2n) is 2.18. The van der Waals surface area contributed by atoms with Crippen LogP contribution >= 0.6 is 20.2 Å². The zero-order valence-corrected chi connectivity index (χ0v) is 8.21. The summed E-state index contributed by atoms with van der Waals surface area (Å²) in [7, 11) is -1.99. The topological polar surface area (TPSA) is 101 Å². The van der Waals surface area contributed by atoms with E-state index in [2.05, 4.69) is 0 Å². The summed E-state index contributed by atoms with van der Waals surface area (Å²) in [6, 6.07) is -0.963. The van der Waals surface area contributed by atoms with Gasteiger partial charge in [0.15, 0.2) is 0 Å². The lowest BCUT2D eigenvalue weighted by Gasteiger charge is -2.03. The van der Waals surface area contributed by atoms with Gasteiger partial charge >= 0.3 is 5.97 Å². The lowest BCUT2D eigenvalue weighted by Crippen LogP contribution is -2.30. The molecule has 0 aliphatic heterocycles. The van der Waals surface area contributed by atoms with Crippen molar-refractivity contribution >= 4 is 26.2 Å². The summed E-state index contributed by atoms with van der Waals surface area (Å²) < 4.78 is 10.6. The molecule has 0 heterocycles. The second-order valence-corrected chi connectivity index (χ2v) is 4.07. The first-order chi connectivity index (χ1) is 5.07. The number of hydrogen-bond acceptors (Lipinski definition) is 4. The number of aliphatic hydroxyl groups excluding tert-OH is 1. The summed E-state index contributed by atoms with van der Waals surface area (Å²) >= 11 is 0. The highest BCUT2D eigenvalue weighted by atomic mass is 35.5. The van der Waals surface area contributed by atoms with E-state index >= 15 is 0 Å². The standard InChI is InChI=1S/C5H12NO4P.ClH/c6-4(5(8)9)1-2-11(10)3-7;/h4,7,11H,1-3,6H2,(H,8,9);1H. The maximum atomic E-state index is 10.6. The summed E-state index contributed by atoms with van der Waals surface area (Å²) in [6.45, 7) is 0. The van der Waals surface area contributed by atoms with Gasteiger partial charge in [-0.3, -0.25) is 4.79 Å². The highest BCUT2D eigenvalue weighted by molar-refractivity contribution is 7.44. The van der Waals surface area contributed by atoms with Gasteiger partial charge in [-0.15, -0.1) is 12.4 Å². The molecule has 0 radical (unpaired) electrons. The molecule has 0 amide bonds. The summed E-state index contributed by atoms with van der Waals surface area (Å²) in [4.78, 5) is 10.1. The molecule has 0 aromatic rings. The number of carbonyl (C=O) groups is 1. The Bertz CT molecular complexity index is 166. The molecule has 2 unspecified atom stereocenters. The van der Waals surface area contributed by atoms with Crippen LogP contribution in [0.2, 0.25) is 0 Å². The first-order valence-electron chi connectivity index (χ1n) is 3.19. The zero-order valence-electron chi connectivity index (χ0n) is 6.40. The number of carboxylic acids is 1. The molecule has 0 aromatic carbocycles. The van der Waals surface area contributed by atoms with Crippen LogP contribution in [-0.2, 0) is 9.36 Å². The van der Waals surface area contributed by atoms with Crippen LogP contribution in [0, 0.1) is 0 Å². The smallest absolute Gasteiger partial charge is 0.320 e. The van der Waals surface area contributed by atoms with Crippen LogP contribution in [-0.4, -0.2) is 34.7 Å². The molecule has 0 saturated heterocycles. The number of halogens is 1. The van der Waals surface area contributed by atoms with E-state index in [1.54, 1.807) is 0 Å². The number of rotatable bonds is 5. The number of aliphatic carboxylic acids is 1. The molecule has 0 fully saturated rings. The molecular weight excluding hydrogens is 204 g/mol. The molecule has 5 nitrogen and oxygen atoms in total. The normalized spacial score (nSPS) is 14.5. The van der Waals surface area contributed by atoms with Gasteiger partial charge in [0.05, 0.1) is 6.35 Å². The molecule has 74 valence electrons. The zero-order chi connectivity index (χ0) is 8.85. The van der Waals surface area contributed by atoms with Gasteiger partial charge in [0, 0.05) is 6.16 Å². The number of hydrogen-bond donors (Lipinski definition) is 3. The van der Waals surface area contributed by atoms with E-state index in [4.69, 9.17) is 15.9 Å². The van der Waals surface area contributed by atoms with Crippen LogP contribution < -0.4 is 5.73 Å². The molecule has 0 aromatic heterocycles. The van der Waals surface area contributed by atoms with E-state index in [-0.39, 0.29) is 31.3 Å². The van der Waals surface area contributed by atoms with Gasteiger partial charge in [-0.05, 0) is 6.42 Å². The van der Waals surface area contributed by atoms with Crippen molar-refractivity contribution in [3.8, 4) is 0 Å². The van der Waals surface area contributed by atoms with Gasteiger partial charge in [-0.1, -0.05) is 0 Å². The van der Waals surface area contributed by atoms with Crippen molar-refractivity contribution in [1.82, 2.24) is 0 Å². The van der Waals surface area contributed by atoms with Crippen LogP contribution in [0.5, 0.6) is 0 Å². The highest BCUT2D eigenvalue weighted by Gasteiger charge is 2.11. The average Bonchev–Trinajstić information content (AvgIpc) is 1.99. The Morgan fingerprint density at radius 1 is 1.58 bits per heavy atom. The van der Waals surface area contributed by atoms with E-state index in [0.29, 0.717) is 0 Å². The largest absolute Gasteiger partial charge is 0.480 e. The maximum absolute atomic E-state index is 10.6. The van der Waals surface area contributed by atoms with Gasteiger partial charge in [0.1, 0.15) is 13.8 Å². The quantitative estimate of drug-likeness (QED) is 0.550. The summed E-state index contributed by atoms with van der Waals surface area (Å²) in [5.74, 6) is -1.10. The van der Waals surface area contributed by atoms with Crippen molar-refractivity contribution in [2.75, 3.05) is 12.5 Å². The molecule has 0 aliphatic carbocycles. The first kappa shape index (κ1) is 14.4. The van der Waals surface area contributed by atoms with Crippen LogP contribution in [0.25, 0.3) is 0 Å². The summed E-state index contributed by atoms with van der Waals surface area (Å²) in [6.07, 6.45) is -0.000666. The third-order valence-electron chi connectivity index (χ3n) is 1.23. The Labute approximate surface area is 77.1 Å². The second kappa shape index (κ2) is 7.55. The number of carboxylic acid groups (broad SMARTS) is 1. The van der Waals surface area contributed by atoms with Crippen LogP contribution in [0.1, 0.15) is 6.42 Å². The molecule has 0 bridgehead atoms. The Morgan fingerprint density at radius 2 is 2.08 bits per heavy atom. The number of nitrogens with two attached hydrogens (primary N) is 1. The summed E-state index contributed by atoms with van der Waals surface area (Å²) in [5.41, 5.74) is 5.12. The van der Waals surface area contributed by atoms with Crippen LogP contribution in [0.3, 0.4) is 0 Å². The van der Waals surface area contributed by atoms with Gasteiger partial charge in [0.2, 0.25) is 0 Å². The van der Waals surface area contributed by atoms with E-state index in [0.717, 1.165) is 0 Å². The fourth-order valence-electron chi connectivity index (χ4n) is 0.519. The third kappa shape index (κ3) is 6.61. The minimum absolute atomic E-state index is 0. The molecule has 2 atom stereocenters. The van der Waals surface area contributed by atoms with Crippen molar-refractivity contribution in [1.29, 1.82) is 0 Å². The Kier molecular flexibility index (Phi) is 9.09. The highest BCUT2D eigenvalue weighted by Crippen LogP contribution is 2.19. The van der Waals surface area contributed by atoms with Crippen molar-refractivity contribution in [2.45, 2.75) is 12.5 Å². The first-order valence-corrected chi connectivity index (χ1v) is 5.01. The molecule has 0 spiro atoms.